The molecule has 15 nitrogen and oxygen atoms in total. The van der Waals surface area contributed by atoms with Crippen molar-refractivity contribution in [1.29, 1.82) is 0 Å². The molecule has 4 atom stereocenters. The lowest BCUT2D eigenvalue weighted by molar-refractivity contribution is -0.190. The van der Waals surface area contributed by atoms with E-state index in [1.165, 1.54) is 0 Å². The Morgan fingerprint density at radius 3 is 1.89 bits per heavy atom. The van der Waals surface area contributed by atoms with Gasteiger partial charge in [-0.2, -0.15) is 0 Å². The standard InChI is InChI=1S/C18H38N2O13P2/c1-2-33-18-15(16(22)17(18)23)20-6-8-31-10-12-32-11-9-30-7-5-19-13(21)3-4-14(34(24,25)26)35(27,28)29/h14-18,20,22-23H,2-12H2,1H3,(H,19,21)(H2,24,25,26)(H2,27,28,29). The predicted octanol–water partition coefficient (Wildman–Crippen LogP) is -2.29. The van der Waals surface area contributed by atoms with E-state index < -0.39 is 57.7 Å². The van der Waals surface area contributed by atoms with Crippen LogP contribution in [0.3, 0.4) is 0 Å². The van der Waals surface area contributed by atoms with Gasteiger partial charge in [0.25, 0.3) is 0 Å². The molecule has 0 aromatic heterocycles. The van der Waals surface area contributed by atoms with Crippen molar-refractivity contribution in [3.8, 4) is 0 Å². The predicted molar refractivity (Wildman–Crippen MR) is 122 cm³/mol. The van der Waals surface area contributed by atoms with Crippen LogP contribution in [0.25, 0.3) is 0 Å². The van der Waals surface area contributed by atoms with E-state index in [0.717, 1.165) is 0 Å². The fraction of sp³-hybridized carbons (Fsp3) is 0.944. The van der Waals surface area contributed by atoms with Crippen molar-refractivity contribution in [2.45, 2.75) is 49.5 Å². The number of aliphatic hydroxyl groups is 2. The van der Waals surface area contributed by atoms with Crippen LogP contribution < -0.4 is 10.6 Å². The maximum Gasteiger partial charge on any atom is 0.340 e. The summed E-state index contributed by atoms with van der Waals surface area (Å²) in [6.45, 7) is 4.65. The largest absolute Gasteiger partial charge is 0.389 e. The molecule has 0 spiro atoms. The van der Waals surface area contributed by atoms with Gasteiger partial charge in [0.2, 0.25) is 5.91 Å². The number of aliphatic hydroxyl groups excluding tert-OH is 2. The number of nitrogens with one attached hydrogen (secondary N) is 2. The fourth-order valence-corrected chi connectivity index (χ4v) is 5.78. The van der Waals surface area contributed by atoms with Crippen LogP contribution in [0.5, 0.6) is 0 Å². The van der Waals surface area contributed by atoms with Crippen molar-refractivity contribution in [3.63, 3.8) is 0 Å². The average molecular weight is 552 g/mol. The van der Waals surface area contributed by atoms with Gasteiger partial charge in [-0.05, 0) is 13.3 Å². The van der Waals surface area contributed by atoms with Crippen molar-refractivity contribution >= 4 is 21.1 Å². The summed E-state index contributed by atoms with van der Waals surface area (Å²) in [6, 6.07) is -0.330. The molecule has 0 aromatic rings. The average Bonchev–Trinajstić information content (AvgIpc) is 2.76. The second-order valence-electron chi connectivity index (χ2n) is 7.77. The zero-order valence-corrected chi connectivity index (χ0v) is 21.4. The van der Waals surface area contributed by atoms with Crippen molar-refractivity contribution in [2.24, 2.45) is 0 Å². The third-order valence-corrected chi connectivity index (χ3v) is 8.99. The first kappa shape index (κ1) is 32.5. The van der Waals surface area contributed by atoms with E-state index in [0.29, 0.717) is 39.6 Å². The molecule has 0 aromatic carbocycles. The normalized spacial score (nSPS) is 22.9. The Kier molecular flexibility index (Phi) is 15.2. The van der Waals surface area contributed by atoms with Crippen LogP contribution in [-0.2, 0) is 32.9 Å². The zero-order valence-electron chi connectivity index (χ0n) is 19.6. The molecule has 0 aliphatic heterocycles. The first-order chi connectivity index (χ1) is 16.4. The van der Waals surface area contributed by atoms with E-state index in [1.54, 1.807) is 0 Å². The molecule has 4 unspecified atom stereocenters. The van der Waals surface area contributed by atoms with Gasteiger partial charge >= 0.3 is 15.2 Å². The summed E-state index contributed by atoms with van der Waals surface area (Å²) >= 11 is 0. The molecule has 1 fully saturated rings. The van der Waals surface area contributed by atoms with E-state index in [1.807, 2.05) is 6.92 Å². The Bertz CT molecular complexity index is 682. The van der Waals surface area contributed by atoms with Crippen LogP contribution in [-0.4, -0.2) is 125 Å². The highest BCUT2D eigenvalue weighted by Gasteiger charge is 2.49. The Hall–Kier alpha value is -0.510. The number of hydrogen-bond donors (Lipinski definition) is 8. The first-order valence-corrected chi connectivity index (χ1v) is 14.6. The SMILES string of the molecule is CCOC1C(O)C(O)C1NCCOCCOCCOCCNC(=O)CCC(P(=O)(O)O)P(=O)(O)O. The van der Waals surface area contributed by atoms with E-state index in [2.05, 4.69) is 10.6 Å². The number of ether oxygens (including phenoxy) is 4. The maximum atomic E-state index is 11.7. The molecule has 208 valence electrons. The molecule has 0 saturated heterocycles. The quantitative estimate of drug-likeness (QED) is 0.0587. The van der Waals surface area contributed by atoms with Gasteiger partial charge in [0, 0.05) is 26.1 Å². The maximum absolute atomic E-state index is 11.7. The summed E-state index contributed by atoms with van der Waals surface area (Å²) in [5, 5.41) is 22.7. The van der Waals surface area contributed by atoms with Gasteiger partial charge < -0.3 is 59.4 Å². The highest BCUT2D eigenvalue weighted by Crippen LogP contribution is 2.61. The molecular formula is C18H38N2O13P2. The van der Waals surface area contributed by atoms with Crippen LogP contribution in [0.1, 0.15) is 19.8 Å². The molecular weight excluding hydrogens is 514 g/mol. The number of hydrogen-bond acceptors (Lipinski definition) is 10. The molecule has 1 rings (SSSR count). The summed E-state index contributed by atoms with van der Waals surface area (Å²) in [4.78, 5) is 47.7. The zero-order chi connectivity index (χ0) is 26.5. The molecule has 1 aliphatic rings. The van der Waals surface area contributed by atoms with E-state index in [-0.39, 0.29) is 25.8 Å². The minimum Gasteiger partial charge on any atom is -0.389 e. The van der Waals surface area contributed by atoms with Gasteiger partial charge in [-0.1, -0.05) is 0 Å². The molecule has 8 N–H and O–H groups in total. The van der Waals surface area contributed by atoms with E-state index in [9.17, 15) is 24.1 Å². The van der Waals surface area contributed by atoms with Crippen LogP contribution in [0.15, 0.2) is 0 Å². The molecule has 35 heavy (non-hydrogen) atoms. The summed E-state index contributed by atoms with van der Waals surface area (Å²) < 4.78 is 43.7. The number of carbonyl (C=O) groups is 1. The molecule has 0 bridgehead atoms. The smallest absolute Gasteiger partial charge is 0.340 e. The highest BCUT2D eigenvalue weighted by atomic mass is 31.2. The second-order valence-corrected chi connectivity index (χ2v) is 11.8. The third kappa shape index (κ3) is 12.5. The lowest BCUT2D eigenvalue weighted by Crippen LogP contribution is -2.70. The summed E-state index contributed by atoms with van der Waals surface area (Å²) in [5.41, 5.74) is 0. The highest BCUT2D eigenvalue weighted by molar-refractivity contribution is 7.70. The summed E-state index contributed by atoms with van der Waals surface area (Å²) in [5.74, 6) is -0.611. The van der Waals surface area contributed by atoms with Crippen LogP contribution >= 0.6 is 15.2 Å². The molecule has 1 amide bonds. The Labute approximate surface area is 203 Å². The minimum atomic E-state index is -5.04. The lowest BCUT2D eigenvalue weighted by atomic mass is 9.82. The van der Waals surface area contributed by atoms with Crippen molar-refractivity contribution in [3.05, 3.63) is 0 Å². The van der Waals surface area contributed by atoms with E-state index in [4.69, 9.17) is 38.5 Å². The van der Waals surface area contributed by atoms with Crippen molar-refractivity contribution in [1.82, 2.24) is 10.6 Å². The van der Waals surface area contributed by atoms with Gasteiger partial charge in [0.1, 0.15) is 18.3 Å². The van der Waals surface area contributed by atoms with Crippen LogP contribution in [0.4, 0.5) is 0 Å². The fourth-order valence-electron chi connectivity index (χ4n) is 3.28. The number of amides is 1. The molecule has 1 saturated carbocycles. The molecule has 0 heterocycles. The Morgan fingerprint density at radius 1 is 0.857 bits per heavy atom. The third-order valence-electron chi connectivity index (χ3n) is 5.11. The first-order valence-electron chi connectivity index (χ1n) is 11.2. The van der Waals surface area contributed by atoms with Crippen LogP contribution in [0, 0.1) is 0 Å². The van der Waals surface area contributed by atoms with Gasteiger partial charge in [-0.3, -0.25) is 13.9 Å². The Morgan fingerprint density at radius 2 is 1.37 bits per heavy atom. The topological polar surface area (TPSA) is 234 Å². The molecule has 1 aliphatic carbocycles. The van der Waals surface area contributed by atoms with Gasteiger partial charge in [-0.15, -0.1) is 0 Å². The monoisotopic (exact) mass is 552 g/mol. The minimum absolute atomic E-state index is 0.113. The summed E-state index contributed by atoms with van der Waals surface area (Å²) in [7, 11) is -10.1. The number of rotatable bonds is 20. The molecule has 0 radical (unpaired) electrons. The number of carbonyl (C=O) groups excluding carboxylic acids is 1. The second kappa shape index (κ2) is 16.4. The van der Waals surface area contributed by atoms with Crippen LogP contribution in [0.2, 0.25) is 0 Å². The van der Waals surface area contributed by atoms with Crippen molar-refractivity contribution < 1.29 is 62.7 Å². The van der Waals surface area contributed by atoms with Gasteiger partial charge in [-0.25, -0.2) is 0 Å². The Balaban J connectivity index is 1.94. The summed E-state index contributed by atoms with van der Waals surface area (Å²) in [6.07, 6.45) is -3.28. The van der Waals surface area contributed by atoms with Gasteiger partial charge in [0.15, 0.2) is 5.40 Å². The van der Waals surface area contributed by atoms with Crippen molar-refractivity contribution in [2.75, 3.05) is 59.3 Å². The lowest BCUT2D eigenvalue weighted by Gasteiger charge is -2.46. The van der Waals surface area contributed by atoms with Gasteiger partial charge in [0.05, 0.1) is 45.7 Å². The molecule has 17 heteroatoms. The van der Waals surface area contributed by atoms with E-state index >= 15 is 0 Å².